The lowest BCUT2D eigenvalue weighted by molar-refractivity contribution is 0.391. The summed E-state index contributed by atoms with van der Waals surface area (Å²) in [6.45, 7) is 8.17. The highest BCUT2D eigenvalue weighted by Gasteiger charge is 2.06. The van der Waals surface area contributed by atoms with Crippen molar-refractivity contribution in [3.8, 4) is 0 Å². The largest absolute Gasteiger partial charge is 0.312 e. The van der Waals surface area contributed by atoms with Gasteiger partial charge in [-0.25, -0.2) is 4.39 Å². The molecule has 0 aliphatic heterocycles. The molecule has 2 heteroatoms. The molecule has 0 bridgehead atoms. The number of hydrogen-bond acceptors (Lipinski definition) is 1. The van der Waals surface area contributed by atoms with E-state index in [-0.39, 0.29) is 5.82 Å². The average Bonchev–Trinajstić information content (AvgIpc) is 2.20. The first-order chi connectivity index (χ1) is 7.11. The quantitative estimate of drug-likeness (QED) is 0.785. The van der Waals surface area contributed by atoms with Crippen molar-refractivity contribution in [1.82, 2.24) is 5.32 Å². The van der Waals surface area contributed by atoms with Crippen molar-refractivity contribution in [1.29, 1.82) is 0 Å². The summed E-state index contributed by atoms with van der Waals surface area (Å²) in [7, 11) is 0. The Bertz CT molecular complexity index is 296. The van der Waals surface area contributed by atoms with Gasteiger partial charge in [0.15, 0.2) is 0 Å². The van der Waals surface area contributed by atoms with Crippen LogP contribution >= 0.6 is 0 Å². The van der Waals surface area contributed by atoms with E-state index in [1.54, 1.807) is 6.07 Å². The third kappa shape index (κ3) is 4.00. The lowest BCUT2D eigenvalue weighted by Gasteiger charge is -2.16. The zero-order valence-electron chi connectivity index (χ0n) is 9.76. The van der Waals surface area contributed by atoms with Crippen molar-refractivity contribution in [3.63, 3.8) is 0 Å². The molecule has 0 fully saturated rings. The fourth-order valence-corrected chi connectivity index (χ4v) is 1.31. The molecule has 1 atom stereocenters. The van der Waals surface area contributed by atoms with Gasteiger partial charge in [-0.05, 0) is 24.4 Å². The van der Waals surface area contributed by atoms with Crippen molar-refractivity contribution in [2.45, 2.75) is 27.3 Å². The van der Waals surface area contributed by atoms with Gasteiger partial charge in [0.25, 0.3) is 0 Å². The van der Waals surface area contributed by atoms with Crippen LogP contribution in [-0.4, -0.2) is 6.54 Å². The molecule has 1 nitrogen and oxygen atoms in total. The predicted octanol–water partition coefficient (Wildman–Crippen LogP) is 3.21. The Morgan fingerprint density at radius 2 is 1.87 bits per heavy atom. The van der Waals surface area contributed by atoms with Crippen LogP contribution in [0.25, 0.3) is 0 Å². The van der Waals surface area contributed by atoms with Crippen molar-refractivity contribution in [3.05, 3.63) is 35.6 Å². The number of halogens is 1. The van der Waals surface area contributed by atoms with E-state index in [0.717, 1.165) is 12.1 Å². The molecule has 0 saturated carbocycles. The molecule has 0 spiro atoms. The normalized spacial score (nSPS) is 13.1. The lowest BCUT2D eigenvalue weighted by atomic mass is 9.98. The summed E-state index contributed by atoms with van der Waals surface area (Å²) in [5.74, 6) is 1.16. The Morgan fingerprint density at radius 3 is 2.47 bits per heavy atom. The van der Waals surface area contributed by atoms with Crippen LogP contribution in [0.15, 0.2) is 24.3 Å². The van der Waals surface area contributed by atoms with Gasteiger partial charge in [0.1, 0.15) is 5.82 Å². The van der Waals surface area contributed by atoms with Crippen LogP contribution in [0.5, 0.6) is 0 Å². The molecule has 0 heterocycles. The molecular weight excluding hydrogens is 189 g/mol. The minimum Gasteiger partial charge on any atom is -0.312 e. The molecule has 0 aliphatic carbocycles. The molecule has 0 saturated heterocycles. The summed E-state index contributed by atoms with van der Waals surface area (Å²) in [4.78, 5) is 0. The summed E-state index contributed by atoms with van der Waals surface area (Å²) in [6.07, 6.45) is 0. The molecular formula is C13H20FN. The SMILES string of the molecule is CC(C)C(C)CNCc1ccccc1F. The third-order valence-electron chi connectivity index (χ3n) is 2.88. The van der Waals surface area contributed by atoms with Crippen LogP contribution in [0.2, 0.25) is 0 Å². The summed E-state index contributed by atoms with van der Waals surface area (Å²) < 4.78 is 13.2. The van der Waals surface area contributed by atoms with E-state index in [9.17, 15) is 4.39 Å². The van der Waals surface area contributed by atoms with Gasteiger partial charge in [-0.15, -0.1) is 0 Å². The second-order valence-corrected chi connectivity index (χ2v) is 4.44. The van der Waals surface area contributed by atoms with Gasteiger partial charge in [0.05, 0.1) is 0 Å². The Kier molecular flexibility index (Phi) is 4.76. The number of benzene rings is 1. The molecule has 0 radical (unpaired) electrons. The highest BCUT2D eigenvalue weighted by Crippen LogP contribution is 2.09. The summed E-state index contributed by atoms with van der Waals surface area (Å²) in [6, 6.07) is 6.91. The number of rotatable bonds is 5. The summed E-state index contributed by atoms with van der Waals surface area (Å²) in [5.41, 5.74) is 0.744. The van der Waals surface area contributed by atoms with Crippen molar-refractivity contribution >= 4 is 0 Å². The van der Waals surface area contributed by atoms with Gasteiger partial charge >= 0.3 is 0 Å². The molecule has 0 amide bonds. The molecule has 1 rings (SSSR count). The van der Waals surface area contributed by atoms with E-state index in [4.69, 9.17) is 0 Å². The zero-order chi connectivity index (χ0) is 11.3. The number of hydrogen-bond donors (Lipinski definition) is 1. The van der Waals surface area contributed by atoms with Crippen molar-refractivity contribution < 1.29 is 4.39 Å². The maximum atomic E-state index is 13.2. The number of nitrogens with one attached hydrogen (secondary N) is 1. The monoisotopic (exact) mass is 209 g/mol. The third-order valence-corrected chi connectivity index (χ3v) is 2.88. The molecule has 0 aliphatic rings. The van der Waals surface area contributed by atoms with Crippen molar-refractivity contribution in [2.24, 2.45) is 11.8 Å². The zero-order valence-corrected chi connectivity index (χ0v) is 9.76. The van der Waals surface area contributed by atoms with Crippen LogP contribution in [0, 0.1) is 17.7 Å². The van der Waals surface area contributed by atoms with Crippen LogP contribution in [0.1, 0.15) is 26.3 Å². The molecule has 1 aromatic carbocycles. The van der Waals surface area contributed by atoms with E-state index in [1.807, 2.05) is 12.1 Å². The van der Waals surface area contributed by atoms with E-state index in [1.165, 1.54) is 6.07 Å². The Hall–Kier alpha value is -0.890. The van der Waals surface area contributed by atoms with E-state index in [2.05, 4.69) is 26.1 Å². The Labute approximate surface area is 91.7 Å². The lowest BCUT2D eigenvalue weighted by Crippen LogP contribution is -2.24. The molecule has 1 N–H and O–H groups in total. The fraction of sp³-hybridized carbons (Fsp3) is 0.538. The standard InChI is InChI=1S/C13H20FN/c1-10(2)11(3)8-15-9-12-6-4-5-7-13(12)14/h4-7,10-11,15H,8-9H2,1-3H3. The van der Waals surface area contributed by atoms with Gasteiger partial charge in [0.2, 0.25) is 0 Å². The minimum absolute atomic E-state index is 0.123. The summed E-state index contributed by atoms with van der Waals surface area (Å²) in [5, 5.41) is 3.28. The Morgan fingerprint density at radius 1 is 1.20 bits per heavy atom. The minimum atomic E-state index is -0.123. The van der Waals surface area contributed by atoms with Gasteiger partial charge in [0, 0.05) is 12.1 Å². The Balaban J connectivity index is 2.35. The molecule has 84 valence electrons. The molecule has 15 heavy (non-hydrogen) atoms. The van der Waals surface area contributed by atoms with Crippen LogP contribution in [0.4, 0.5) is 4.39 Å². The topological polar surface area (TPSA) is 12.0 Å². The maximum Gasteiger partial charge on any atom is 0.127 e. The smallest absolute Gasteiger partial charge is 0.127 e. The molecule has 0 aromatic heterocycles. The van der Waals surface area contributed by atoms with Gasteiger partial charge in [-0.3, -0.25) is 0 Å². The second kappa shape index (κ2) is 5.86. The summed E-state index contributed by atoms with van der Waals surface area (Å²) >= 11 is 0. The highest BCUT2D eigenvalue weighted by atomic mass is 19.1. The molecule has 1 unspecified atom stereocenters. The van der Waals surface area contributed by atoms with Crippen LogP contribution < -0.4 is 5.32 Å². The van der Waals surface area contributed by atoms with Crippen molar-refractivity contribution in [2.75, 3.05) is 6.54 Å². The van der Waals surface area contributed by atoms with E-state index >= 15 is 0 Å². The molecule has 1 aromatic rings. The average molecular weight is 209 g/mol. The van der Waals surface area contributed by atoms with E-state index in [0.29, 0.717) is 18.4 Å². The van der Waals surface area contributed by atoms with Crippen LogP contribution in [-0.2, 0) is 6.54 Å². The van der Waals surface area contributed by atoms with Gasteiger partial charge in [-0.2, -0.15) is 0 Å². The highest BCUT2D eigenvalue weighted by molar-refractivity contribution is 5.16. The first-order valence-corrected chi connectivity index (χ1v) is 5.55. The predicted molar refractivity (Wildman–Crippen MR) is 62.1 cm³/mol. The first-order valence-electron chi connectivity index (χ1n) is 5.55. The van der Waals surface area contributed by atoms with Crippen LogP contribution in [0.3, 0.4) is 0 Å². The van der Waals surface area contributed by atoms with E-state index < -0.39 is 0 Å². The maximum absolute atomic E-state index is 13.2. The second-order valence-electron chi connectivity index (χ2n) is 4.44. The fourth-order valence-electron chi connectivity index (χ4n) is 1.31. The van der Waals surface area contributed by atoms with Gasteiger partial charge in [-0.1, -0.05) is 39.0 Å². The van der Waals surface area contributed by atoms with Gasteiger partial charge < -0.3 is 5.32 Å². The first kappa shape index (κ1) is 12.2.